The molecule has 0 saturated carbocycles. The van der Waals surface area contributed by atoms with Gasteiger partial charge >= 0.3 is 0 Å². The zero-order valence-corrected chi connectivity index (χ0v) is 11.0. The van der Waals surface area contributed by atoms with Crippen LogP contribution >= 0.6 is 0 Å². The largest absolute Gasteiger partial charge is 0.367 e. The van der Waals surface area contributed by atoms with E-state index >= 15 is 0 Å². The van der Waals surface area contributed by atoms with E-state index in [0.29, 0.717) is 17.7 Å². The smallest absolute Gasteiger partial charge is 0.145 e. The highest BCUT2D eigenvalue weighted by Gasteiger charge is 2.05. The summed E-state index contributed by atoms with van der Waals surface area (Å²) in [6, 6.07) is 2.16. The van der Waals surface area contributed by atoms with Crippen LogP contribution in [0.4, 0.5) is 11.6 Å². The maximum absolute atomic E-state index is 5.34. The Morgan fingerprint density at radius 3 is 2.59 bits per heavy atom. The molecule has 0 bridgehead atoms. The second-order valence-electron chi connectivity index (χ2n) is 4.47. The second kappa shape index (κ2) is 6.36. The van der Waals surface area contributed by atoms with Crippen LogP contribution in [0.5, 0.6) is 0 Å². The topological polar surface area (TPSA) is 79.1 Å². The van der Waals surface area contributed by atoms with Gasteiger partial charge < -0.3 is 15.6 Å². The first-order chi connectivity index (χ1) is 8.01. The summed E-state index contributed by atoms with van der Waals surface area (Å²) in [5.41, 5.74) is 2.53. The molecule has 0 aliphatic carbocycles. The highest BCUT2D eigenvalue weighted by Crippen LogP contribution is 2.11. The third-order valence-corrected chi connectivity index (χ3v) is 2.39. The molecule has 0 fully saturated rings. The van der Waals surface area contributed by atoms with Gasteiger partial charge in [-0.15, -0.1) is 0 Å². The van der Waals surface area contributed by atoms with Gasteiger partial charge in [-0.05, 0) is 40.9 Å². The summed E-state index contributed by atoms with van der Waals surface area (Å²) in [5, 5.41) is 3.34. The lowest BCUT2D eigenvalue weighted by atomic mass is 10.2. The van der Waals surface area contributed by atoms with Crippen molar-refractivity contribution in [2.24, 2.45) is 5.84 Å². The van der Waals surface area contributed by atoms with Crippen molar-refractivity contribution in [3.8, 4) is 0 Å². The van der Waals surface area contributed by atoms with Crippen molar-refractivity contribution >= 4 is 11.6 Å². The van der Waals surface area contributed by atoms with Gasteiger partial charge in [0.15, 0.2) is 0 Å². The van der Waals surface area contributed by atoms with Gasteiger partial charge in [0.05, 0.1) is 0 Å². The van der Waals surface area contributed by atoms with Gasteiger partial charge in [-0.25, -0.2) is 15.8 Å². The standard InChI is InChI=1S/C11H22N6/c1-8(5-6-17(3)4)13-10-7-11(16-12)15-9(2)14-10/h7-8H,5-6,12H2,1-4H3,(H2,13,14,15,16). The molecule has 1 heterocycles. The molecule has 1 aromatic heterocycles. The molecule has 6 nitrogen and oxygen atoms in total. The molecule has 4 N–H and O–H groups in total. The first-order valence-corrected chi connectivity index (χ1v) is 5.75. The Bertz CT molecular complexity index is 352. The molecule has 6 heteroatoms. The summed E-state index contributed by atoms with van der Waals surface area (Å²) in [4.78, 5) is 10.6. The Labute approximate surface area is 103 Å². The third kappa shape index (κ3) is 4.97. The summed E-state index contributed by atoms with van der Waals surface area (Å²) in [6.45, 7) is 5.02. The number of nitrogens with two attached hydrogens (primary N) is 1. The number of aryl methyl sites for hydroxylation is 1. The fraction of sp³-hybridized carbons (Fsp3) is 0.636. The lowest BCUT2D eigenvalue weighted by molar-refractivity contribution is 0.390. The second-order valence-corrected chi connectivity index (χ2v) is 4.47. The highest BCUT2D eigenvalue weighted by atomic mass is 15.3. The molecule has 1 atom stereocenters. The molecule has 0 radical (unpaired) electrons. The number of aromatic nitrogens is 2. The summed E-state index contributed by atoms with van der Waals surface area (Å²) >= 11 is 0. The van der Waals surface area contributed by atoms with E-state index in [9.17, 15) is 0 Å². The van der Waals surface area contributed by atoms with Crippen molar-refractivity contribution in [1.29, 1.82) is 0 Å². The average molecular weight is 238 g/mol. The van der Waals surface area contributed by atoms with E-state index in [1.165, 1.54) is 0 Å². The van der Waals surface area contributed by atoms with Crippen LogP contribution in [0.2, 0.25) is 0 Å². The number of anilines is 2. The number of hydrazine groups is 1. The van der Waals surface area contributed by atoms with Gasteiger partial charge in [-0.1, -0.05) is 0 Å². The number of hydrogen-bond donors (Lipinski definition) is 3. The number of nitrogens with zero attached hydrogens (tertiary/aromatic N) is 3. The maximum atomic E-state index is 5.34. The Morgan fingerprint density at radius 2 is 2.00 bits per heavy atom. The molecule has 17 heavy (non-hydrogen) atoms. The van der Waals surface area contributed by atoms with Crippen molar-refractivity contribution in [2.75, 3.05) is 31.4 Å². The van der Waals surface area contributed by atoms with Crippen molar-refractivity contribution in [2.45, 2.75) is 26.3 Å². The molecule has 0 aromatic carbocycles. The average Bonchev–Trinajstić information content (AvgIpc) is 2.25. The van der Waals surface area contributed by atoms with Crippen molar-refractivity contribution in [1.82, 2.24) is 14.9 Å². The molecule has 0 spiro atoms. The lowest BCUT2D eigenvalue weighted by Crippen LogP contribution is -2.23. The minimum atomic E-state index is 0.359. The van der Waals surface area contributed by atoms with E-state index < -0.39 is 0 Å². The van der Waals surface area contributed by atoms with E-state index in [4.69, 9.17) is 5.84 Å². The Morgan fingerprint density at radius 1 is 1.35 bits per heavy atom. The zero-order valence-electron chi connectivity index (χ0n) is 11.0. The fourth-order valence-corrected chi connectivity index (χ4v) is 1.49. The van der Waals surface area contributed by atoms with Gasteiger partial charge in [0.1, 0.15) is 17.5 Å². The summed E-state index contributed by atoms with van der Waals surface area (Å²) in [5.74, 6) is 7.47. The van der Waals surface area contributed by atoms with Gasteiger partial charge in [-0.3, -0.25) is 0 Å². The van der Waals surface area contributed by atoms with Crippen LogP contribution in [0.15, 0.2) is 6.07 Å². The van der Waals surface area contributed by atoms with Crippen LogP contribution in [0.1, 0.15) is 19.2 Å². The zero-order chi connectivity index (χ0) is 12.8. The molecule has 0 aliphatic rings. The molecular weight excluding hydrogens is 216 g/mol. The molecule has 0 saturated heterocycles. The Balaban J connectivity index is 2.58. The minimum Gasteiger partial charge on any atom is -0.367 e. The van der Waals surface area contributed by atoms with Crippen LogP contribution in [0.25, 0.3) is 0 Å². The van der Waals surface area contributed by atoms with Gasteiger partial charge in [0, 0.05) is 12.1 Å². The summed E-state index contributed by atoms with van der Waals surface area (Å²) < 4.78 is 0. The molecule has 1 rings (SSSR count). The van der Waals surface area contributed by atoms with Gasteiger partial charge in [0.2, 0.25) is 0 Å². The van der Waals surface area contributed by atoms with Crippen molar-refractivity contribution < 1.29 is 0 Å². The van der Waals surface area contributed by atoms with E-state index in [1.807, 2.05) is 6.92 Å². The molecular formula is C11H22N6. The number of nitrogen functional groups attached to an aromatic ring is 1. The molecule has 1 aromatic rings. The van der Waals surface area contributed by atoms with E-state index in [0.717, 1.165) is 18.8 Å². The predicted octanol–water partition coefficient (Wildman–Crippen LogP) is 0.823. The van der Waals surface area contributed by atoms with Crippen LogP contribution in [0.3, 0.4) is 0 Å². The fourth-order valence-electron chi connectivity index (χ4n) is 1.49. The quantitative estimate of drug-likeness (QED) is 0.503. The van der Waals surface area contributed by atoms with Gasteiger partial charge in [0.25, 0.3) is 0 Å². The number of hydrogen-bond acceptors (Lipinski definition) is 6. The van der Waals surface area contributed by atoms with Crippen molar-refractivity contribution in [3.05, 3.63) is 11.9 Å². The first kappa shape index (κ1) is 13.7. The van der Waals surface area contributed by atoms with E-state index in [1.54, 1.807) is 6.07 Å². The third-order valence-electron chi connectivity index (χ3n) is 2.39. The summed E-state index contributed by atoms with van der Waals surface area (Å²) in [7, 11) is 4.13. The SMILES string of the molecule is Cc1nc(NN)cc(NC(C)CCN(C)C)n1. The highest BCUT2D eigenvalue weighted by molar-refractivity contribution is 5.47. The molecule has 96 valence electrons. The van der Waals surface area contributed by atoms with Crippen LogP contribution in [-0.2, 0) is 0 Å². The van der Waals surface area contributed by atoms with Crippen LogP contribution in [-0.4, -0.2) is 41.5 Å². The van der Waals surface area contributed by atoms with E-state index in [2.05, 4.69) is 46.6 Å². The summed E-state index contributed by atoms with van der Waals surface area (Å²) in [6.07, 6.45) is 1.06. The molecule has 1 unspecified atom stereocenters. The monoisotopic (exact) mass is 238 g/mol. The Kier molecular flexibility index (Phi) is 5.11. The number of nitrogens with one attached hydrogen (secondary N) is 2. The van der Waals surface area contributed by atoms with E-state index in [-0.39, 0.29) is 0 Å². The normalized spacial score (nSPS) is 12.6. The lowest BCUT2D eigenvalue weighted by Gasteiger charge is -2.17. The Hall–Kier alpha value is -1.40. The molecule has 0 amide bonds. The predicted molar refractivity (Wildman–Crippen MR) is 70.8 cm³/mol. The van der Waals surface area contributed by atoms with Crippen molar-refractivity contribution in [3.63, 3.8) is 0 Å². The molecule has 0 aliphatic heterocycles. The van der Waals surface area contributed by atoms with Crippen LogP contribution < -0.4 is 16.6 Å². The maximum Gasteiger partial charge on any atom is 0.145 e. The van der Waals surface area contributed by atoms with Crippen LogP contribution in [0, 0.1) is 6.92 Å². The van der Waals surface area contributed by atoms with Gasteiger partial charge in [-0.2, -0.15) is 0 Å². The minimum absolute atomic E-state index is 0.359. The number of rotatable bonds is 6. The first-order valence-electron chi connectivity index (χ1n) is 5.75.